The van der Waals surface area contributed by atoms with E-state index < -0.39 is 86.8 Å². The van der Waals surface area contributed by atoms with Gasteiger partial charge < -0.3 is 65.1 Å². The molecule has 0 aromatic carbocycles. The first-order valence-corrected chi connectivity index (χ1v) is 26.1. The van der Waals surface area contributed by atoms with Crippen molar-refractivity contribution in [3.8, 4) is 0 Å². The van der Waals surface area contributed by atoms with Crippen LogP contribution in [0.4, 0.5) is 0 Å². The van der Waals surface area contributed by atoms with Crippen LogP contribution in [0.15, 0.2) is 24.3 Å². The van der Waals surface area contributed by atoms with Crippen molar-refractivity contribution in [1.82, 2.24) is 5.32 Å². The third-order valence-corrected chi connectivity index (χ3v) is 12.9. The van der Waals surface area contributed by atoms with Crippen LogP contribution in [0, 0.1) is 0 Å². The predicted molar refractivity (Wildman–Crippen MR) is 254 cm³/mol. The minimum atomic E-state index is -1.79. The van der Waals surface area contributed by atoms with Crippen LogP contribution >= 0.6 is 0 Å². The summed E-state index contributed by atoms with van der Waals surface area (Å²) in [6.45, 7) is 2.73. The van der Waals surface area contributed by atoms with Crippen molar-refractivity contribution in [2.45, 2.75) is 274 Å². The van der Waals surface area contributed by atoms with Gasteiger partial charge in [-0.05, 0) is 32.1 Å². The molecule has 12 atom stereocenters. The highest BCUT2D eigenvalue weighted by Gasteiger charge is 2.51. The highest BCUT2D eigenvalue weighted by atomic mass is 16.7. The number of amides is 1. The minimum Gasteiger partial charge on any atom is -0.394 e. The molecule has 0 aromatic rings. The number of hydrogen-bond acceptors (Lipinski definition) is 13. The van der Waals surface area contributed by atoms with Crippen LogP contribution in [0.25, 0.3) is 0 Å². The fourth-order valence-electron chi connectivity index (χ4n) is 8.60. The van der Waals surface area contributed by atoms with Crippen molar-refractivity contribution < 1.29 is 64.6 Å². The van der Waals surface area contributed by atoms with Crippen LogP contribution in [0.1, 0.15) is 200 Å². The maximum Gasteiger partial charge on any atom is 0.220 e. The number of carbonyl (C=O) groups is 1. The number of rotatable bonds is 40. The topological polar surface area (TPSA) is 228 Å². The summed E-state index contributed by atoms with van der Waals surface area (Å²) < 4.78 is 22.6. The van der Waals surface area contributed by atoms with Gasteiger partial charge in [0.2, 0.25) is 5.91 Å². The standard InChI is InChI=1S/C51H95NO13/c1-3-5-7-9-11-13-14-15-16-17-18-19-20-21-22-23-24-25-26-27-28-30-32-34-40(55)39(52-43(56)35-33-31-29-12-10-8-6-4-2)38-62-50-48(61)46(59)49(42(37-54)64-50)65-51-47(60)45(58)44(57)41(36-53)63-51/h26-27,32,34,39-42,44-51,53-55,57-61H,3-25,28-31,33,35-38H2,1-2H3,(H,52,56)/b27-26+,34-32+. The number of aliphatic hydroxyl groups is 8. The third kappa shape index (κ3) is 25.6. The van der Waals surface area contributed by atoms with E-state index in [1.165, 1.54) is 135 Å². The highest BCUT2D eigenvalue weighted by Crippen LogP contribution is 2.30. The largest absolute Gasteiger partial charge is 0.394 e. The lowest BCUT2D eigenvalue weighted by Gasteiger charge is -2.46. The summed E-state index contributed by atoms with van der Waals surface area (Å²) in [5, 5.41) is 86.5. The van der Waals surface area contributed by atoms with Gasteiger partial charge in [0.25, 0.3) is 0 Å². The average Bonchev–Trinajstić information content (AvgIpc) is 3.30. The van der Waals surface area contributed by atoms with E-state index in [0.29, 0.717) is 12.8 Å². The number of carbonyl (C=O) groups excluding carboxylic acids is 1. The molecule has 2 saturated heterocycles. The summed E-state index contributed by atoms with van der Waals surface area (Å²) in [6, 6.07) is -0.924. The lowest BCUT2D eigenvalue weighted by atomic mass is 9.97. The summed E-state index contributed by atoms with van der Waals surface area (Å²) in [7, 11) is 0. The lowest BCUT2D eigenvalue weighted by molar-refractivity contribution is -0.359. The number of unbranched alkanes of at least 4 members (excludes halogenated alkanes) is 25. The quantitative estimate of drug-likeness (QED) is 0.0225. The molecule has 0 radical (unpaired) electrons. The average molecular weight is 930 g/mol. The van der Waals surface area contributed by atoms with E-state index in [9.17, 15) is 45.6 Å². The molecule has 2 aliphatic heterocycles. The predicted octanol–water partition coefficient (Wildman–Crippen LogP) is 6.94. The molecule has 14 heteroatoms. The van der Waals surface area contributed by atoms with E-state index in [1.54, 1.807) is 6.08 Å². The third-order valence-electron chi connectivity index (χ3n) is 12.9. The van der Waals surface area contributed by atoms with Crippen molar-refractivity contribution >= 4 is 5.91 Å². The zero-order valence-corrected chi connectivity index (χ0v) is 40.5. The van der Waals surface area contributed by atoms with E-state index in [2.05, 4.69) is 31.3 Å². The minimum absolute atomic E-state index is 0.254. The molecule has 0 spiro atoms. The van der Waals surface area contributed by atoms with Gasteiger partial charge in [0.1, 0.15) is 48.8 Å². The Labute approximate surface area is 392 Å². The van der Waals surface area contributed by atoms with Gasteiger partial charge in [-0.2, -0.15) is 0 Å². The Morgan fingerprint density at radius 2 is 0.985 bits per heavy atom. The smallest absolute Gasteiger partial charge is 0.220 e. The van der Waals surface area contributed by atoms with Crippen LogP contribution in [-0.4, -0.2) is 140 Å². The number of nitrogens with one attached hydrogen (secondary N) is 1. The molecule has 0 aromatic heterocycles. The van der Waals surface area contributed by atoms with Gasteiger partial charge in [0.05, 0.1) is 32.0 Å². The molecule has 1 amide bonds. The van der Waals surface area contributed by atoms with Gasteiger partial charge in [-0.3, -0.25) is 4.79 Å². The summed E-state index contributed by atoms with van der Waals surface area (Å²) in [4.78, 5) is 13.1. The van der Waals surface area contributed by atoms with Crippen molar-refractivity contribution in [2.75, 3.05) is 19.8 Å². The van der Waals surface area contributed by atoms with E-state index in [-0.39, 0.29) is 18.9 Å². The molecule has 12 unspecified atom stereocenters. The second-order valence-electron chi connectivity index (χ2n) is 18.6. The first-order chi connectivity index (χ1) is 31.6. The monoisotopic (exact) mass is 930 g/mol. The number of allylic oxidation sites excluding steroid dienone is 3. The fourth-order valence-corrected chi connectivity index (χ4v) is 8.60. The Balaban J connectivity index is 1.78. The molecule has 2 fully saturated rings. The second kappa shape index (κ2) is 38.3. The van der Waals surface area contributed by atoms with Gasteiger partial charge in [-0.1, -0.05) is 186 Å². The Morgan fingerprint density at radius 1 is 0.538 bits per heavy atom. The van der Waals surface area contributed by atoms with E-state index >= 15 is 0 Å². The molecular formula is C51H95NO13. The van der Waals surface area contributed by atoms with Crippen molar-refractivity contribution in [2.24, 2.45) is 0 Å². The van der Waals surface area contributed by atoms with Crippen LogP contribution in [0.3, 0.4) is 0 Å². The van der Waals surface area contributed by atoms with Crippen LogP contribution in [0.5, 0.6) is 0 Å². The summed E-state index contributed by atoms with van der Waals surface area (Å²) >= 11 is 0. The van der Waals surface area contributed by atoms with Gasteiger partial charge in [-0.15, -0.1) is 0 Å². The maximum absolute atomic E-state index is 13.1. The lowest BCUT2D eigenvalue weighted by Crippen LogP contribution is -2.65. The molecule has 2 aliphatic rings. The van der Waals surface area contributed by atoms with Gasteiger partial charge in [-0.25, -0.2) is 0 Å². The molecule has 382 valence electrons. The van der Waals surface area contributed by atoms with Crippen LogP contribution in [-0.2, 0) is 23.7 Å². The fraction of sp³-hybridized carbons (Fsp3) is 0.902. The van der Waals surface area contributed by atoms with Gasteiger partial charge in [0, 0.05) is 6.42 Å². The van der Waals surface area contributed by atoms with Crippen molar-refractivity contribution in [1.29, 1.82) is 0 Å². The zero-order valence-electron chi connectivity index (χ0n) is 40.5. The summed E-state index contributed by atoms with van der Waals surface area (Å²) in [5.41, 5.74) is 0. The van der Waals surface area contributed by atoms with Gasteiger partial charge in [0.15, 0.2) is 12.6 Å². The molecule has 0 aliphatic carbocycles. The Kier molecular flexibility index (Phi) is 35.1. The SMILES string of the molecule is CCCCCCCCCCCCCCCCCCC/C=C/CC/C=C/C(O)C(COC1OC(CO)C(OC2OC(CO)C(O)C(O)C2O)C(O)C1O)NC(=O)CCCCCCCCCC. The van der Waals surface area contributed by atoms with Crippen LogP contribution < -0.4 is 5.32 Å². The van der Waals surface area contributed by atoms with E-state index in [4.69, 9.17) is 18.9 Å². The molecule has 2 rings (SSSR count). The van der Waals surface area contributed by atoms with Gasteiger partial charge >= 0.3 is 0 Å². The molecule has 14 nitrogen and oxygen atoms in total. The molecule has 9 N–H and O–H groups in total. The van der Waals surface area contributed by atoms with Crippen molar-refractivity contribution in [3.05, 3.63) is 24.3 Å². The summed E-state index contributed by atoms with van der Waals surface area (Å²) in [6.07, 6.45) is 25.4. The Morgan fingerprint density at radius 3 is 1.51 bits per heavy atom. The maximum atomic E-state index is 13.1. The molecule has 65 heavy (non-hydrogen) atoms. The summed E-state index contributed by atoms with van der Waals surface area (Å²) in [5.74, 6) is -0.254. The van der Waals surface area contributed by atoms with E-state index in [0.717, 1.165) is 32.1 Å². The van der Waals surface area contributed by atoms with Crippen LogP contribution in [0.2, 0.25) is 0 Å². The molecular weight excluding hydrogens is 835 g/mol. The Bertz CT molecular complexity index is 1190. The number of ether oxygens (including phenoxy) is 4. The first kappa shape index (κ1) is 59.6. The highest BCUT2D eigenvalue weighted by molar-refractivity contribution is 5.76. The van der Waals surface area contributed by atoms with Crippen molar-refractivity contribution in [3.63, 3.8) is 0 Å². The van der Waals surface area contributed by atoms with E-state index in [1.807, 2.05) is 6.08 Å². The normalized spacial score (nSPS) is 27.2. The number of aliphatic hydroxyl groups excluding tert-OH is 8. The molecule has 0 saturated carbocycles. The Hall–Kier alpha value is -1.53. The zero-order chi connectivity index (χ0) is 47.5. The molecule has 2 heterocycles. The number of hydrogen-bond donors (Lipinski definition) is 9. The second-order valence-corrected chi connectivity index (χ2v) is 18.6. The molecule has 0 bridgehead atoms. The first-order valence-electron chi connectivity index (χ1n) is 26.1.